The van der Waals surface area contributed by atoms with Crippen molar-refractivity contribution in [2.45, 2.75) is 341 Å². The fraction of sp³-hybridized carbons (Fsp3) is 0.905. The molecule has 10 heteroatoms. The molecule has 0 aliphatic heterocycles. The SMILES string of the molecule is CCCCCCC/C=C\C/C=C\CCCCCCCCCCCCCCCCCCCCCCCCCCCCCCCC(=O)OC(COC(=O)CCCCCCCCCCCCC)COP(=O)(O)OCCN. The van der Waals surface area contributed by atoms with Gasteiger partial charge in [0.05, 0.1) is 13.2 Å². The lowest BCUT2D eigenvalue weighted by atomic mass is 10.0. The maximum absolute atomic E-state index is 12.7. The number of allylic oxidation sites excluding steroid dienone is 4. The highest BCUT2D eigenvalue weighted by molar-refractivity contribution is 7.47. The molecule has 0 aromatic heterocycles. The van der Waals surface area contributed by atoms with Gasteiger partial charge in [-0.1, -0.05) is 301 Å². The summed E-state index contributed by atoms with van der Waals surface area (Å²) in [5.41, 5.74) is 5.37. The number of carbonyl (C=O) groups excluding carboxylic acids is 2. The Hall–Kier alpha value is -1.51. The second kappa shape index (κ2) is 59.7. The lowest BCUT2D eigenvalue weighted by Gasteiger charge is -2.19. The highest BCUT2D eigenvalue weighted by atomic mass is 31.2. The van der Waals surface area contributed by atoms with Gasteiger partial charge in [-0.3, -0.25) is 18.6 Å². The summed E-state index contributed by atoms with van der Waals surface area (Å²) in [5, 5.41) is 0. The first-order chi connectivity index (χ1) is 35.8. The van der Waals surface area contributed by atoms with Crippen LogP contribution in [0.1, 0.15) is 335 Å². The van der Waals surface area contributed by atoms with Crippen LogP contribution in [0.25, 0.3) is 0 Å². The van der Waals surface area contributed by atoms with Crippen LogP contribution in [0.3, 0.4) is 0 Å². The van der Waals surface area contributed by atoms with Crippen LogP contribution in [0.4, 0.5) is 0 Å². The number of hydrogen-bond donors (Lipinski definition) is 2. The minimum atomic E-state index is -4.38. The van der Waals surface area contributed by atoms with Crippen molar-refractivity contribution in [3.63, 3.8) is 0 Å². The van der Waals surface area contributed by atoms with Crippen LogP contribution in [0.2, 0.25) is 0 Å². The van der Waals surface area contributed by atoms with Crippen LogP contribution in [0, 0.1) is 0 Å². The van der Waals surface area contributed by atoms with Gasteiger partial charge in [-0.2, -0.15) is 0 Å². The molecule has 0 aromatic rings. The predicted octanol–water partition coefficient (Wildman–Crippen LogP) is 20.2. The van der Waals surface area contributed by atoms with Gasteiger partial charge in [-0.05, 0) is 44.9 Å². The third-order valence-electron chi connectivity index (χ3n) is 14.3. The van der Waals surface area contributed by atoms with Gasteiger partial charge in [-0.15, -0.1) is 0 Å². The van der Waals surface area contributed by atoms with Gasteiger partial charge in [0.15, 0.2) is 6.10 Å². The van der Waals surface area contributed by atoms with E-state index in [0.717, 1.165) is 38.5 Å². The number of unbranched alkanes of at least 4 members (excludes halogenated alkanes) is 44. The van der Waals surface area contributed by atoms with Crippen molar-refractivity contribution in [2.24, 2.45) is 5.73 Å². The number of ether oxygens (including phenoxy) is 2. The van der Waals surface area contributed by atoms with Crippen molar-refractivity contribution < 1.29 is 37.6 Å². The van der Waals surface area contributed by atoms with E-state index in [0.29, 0.717) is 6.42 Å². The fourth-order valence-electron chi connectivity index (χ4n) is 9.61. The van der Waals surface area contributed by atoms with E-state index < -0.39 is 26.5 Å². The molecule has 432 valence electrons. The predicted molar refractivity (Wildman–Crippen MR) is 312 cm³/mol. The van der Waals surface area contributed by atoms with Crippen molar-refractivity contribution in [1.82, 2.24) is 0 Å². The zero-order chi connectivity index (χ0) is 53.1. The summed E-state index contributed by atoms with van der Waals surface area (Å²) < 4.78 is 33.0. The van der Waals surface area contributed by atoms with Crippen LogP contribution < -0.4 is 5.73 Å². The Morgan fingerprint density at radius 1 is 0.411 bits per heavy atom. The van der Waals surface area contributed by atoms with E-state index in [2.05, 4.69) is 38.2 Å². The number of phosphoric ester groups is 1. The molecule has 0 aliphatic carbocycles. The Bertz CT molecular complexity index is 1250. The summed E-state index contributed by atoms with van der Waals surface area (Å²) in [5.74, 6) is -0.810. The Morgan fingerprint density at radius 2 is 0.712 bits per heavy atom. The van der Waals surface area contributed by atoms with E-state index in [-0.39, 0.29) is 38.6 Å². The monoisotopic (exact) mass is 1050 g/mol. The highest BCUT2D eigenvalue weighted by Gasteiger charge is 2.26. The molecule has 0 aliphatic rings. The van der Waals surface area contributed by atoms with Crippen LogP contribution in [-0.2, 0) is 32.7 Å². The van der Waals surface area contributed by atoms with Crippen molar-refractivity contribution in [3.8, 4) is 0 Å². The molecule has 0 aromatic carbocycles. The standard InChI is InChI=1S/C63H122NO8P/c1-3-5-7-9-11-13-15-16-17-18-19-20-21-22-23-24-25-26-27-28-29-30-31-32-33-34-35-36-37-38-39-40-41-42-43-44-46-48-50-52-54-56-63(66)72-61(60-71-73(67,68)70-58-57-64)59-69-62(65)55-53-51-49-47-45-14-12-10-8-6-4-2/h15-16,18-19,61H,3-14,17,20-60,64H2,1-2H3,(H,67,68)/b16-15-,19-18-. The zero-order valence-electron chi connectivity index (χ0n) is 48.4. The molecule has 0 spiro atoms. The molecule has 73 heavy (non-hydrogen) atoms. The van der Waals surface area contributed by atoms with Gasteiger partial charge < -0.3 is 20.1 Å². The minimum absolute atomic E-state index is 0.0572. The molecule has 0 saturated carbocycles. The van der Waals surface area contributed by atoms with Crippen molar-refractivity contribution in [3.05, 3.63) is 24.3 Å². The Kier molecular flexibility index (Phi) is 58.5. The van der Waals surface area contributed by atoms with E-state index in [1.54, 1.807) is 0 Å². The van der Waals surface area contributed by atoms with Crippen LogP contribution in [0.5, 0.6) is 0 Å². The van der Waals surface area contributed by atoms with Gasteiger partial charge in [-0.25, -0.2) is 4.57 Å². The Balaban J connectivity index is 3.66. The molecule has 0 saturated heterocycles. The molecule has 0 radical (unpaired) electrons. The first kappa shape index (κ1) is 71.5. The normalized spacial score (nSPS) is 13.1. The topological polar surface area (TPSA) is 134 Å². The molecule has 2 atom stereocenters. The summed E-state index contributed by atoms with van der Waals surface area (Å²) in [6.45, 7) is 3.77. The molecule has 3 N–H and O–H groups in total. The quantitative estimate of drug-likeness (QED) is 0.0264. The first-order valence-corrected chi connectivity index (χ1v) is 33.3. The largest absolute Gasteiger partial charge is 0.472 e. The second-order valence-electron chi connectivity index (χ2n) is 21.6. The summed E-state index contributed by atoms with van der Waals surface area (Å²) in [6, 6.07) is 0. The van der Waals surface area contributed by atoms with Crippen molar-refractivity contribution in [1.29, 1.82) is 0 Å². The lowest BCUT2D eigenvalue weighted by molar-refractivity contribution is -0.161. The third kappa shape index (κ3) is 59.6. The maximum Gasteiger partial charge on any atom is 0.472 e. The molecule has 2 unspecified atom stereocenters. The summed E-state index contributed by atoms with van der Waals surface area (Å²) in [4.78, 5) is 35.0. The van der Waals surface area contributed by atoms with Crippen LogP contribution in [-0.4, -0.2) is 49.3 Å². The number of phosphoric acid groups is 1. The second-order valence-corrected chi connectivity index (χ2v) is 23.1. The Labute approximate surface area is 452 Å². The average Bonchev–Trinajstić information content (AvgIpc) is 3.38. The summed E-state index contributed by atoms with van der Waals surface area (Å²) >= 11 is 0. The van der Waals surface area contributed by atoms with E-state index in [4.69, 9.17) is 24.3 Å². The zero-order valence-corrected chi connectivity index (χ0v) is 49.3. The lowest BCUT2D eigenvalue weighted by Crippen LogP contribution is -2.29. The molecular formula is C63H122NO8P. The minimum Gasteiger partial charge on any atom is -0.462 e. The summed E-state index contributed by atoms with van der Waals surface area (Å²) in [7, 11) is -4.38. The Morgan fingerprint density at radius 3 is 1.04 bits per heavy atom. The van der Waals surface area contributed by atoms with E-state index in [1.165, 1.54) is 263 Å². The fourth-order valence-corrected chi connectivity index (χ4v) is 10.4. The molecular weight excluding hydrogens is 930 g/mol. The molecule has 9 nitrogen and oxygen atoms in total. The van der Waals surface area contributed by atoms with E-state index >= 15 is 0 Å². The number of carbonyl (C=O) groups is 2. The van der Waals surface area contributed by atoms with Gasteiger partial charge in [0.2, 0.25) is 0 Å². The highest BCUT2D eigenvalue weighted by Crippen LogP contribution is 2.43. The summed E-state index contributed by atoms with van der Waals surface area (Å²) in [6.07, 6.45) is 71.5. The molecule has 0 heterocycles. The van der Waals surface area contributed by atoms with E-state index in [9.17, 15) is 19.0 Å². The number of hydrogen-bond acceptors (Lipinski definition) is 8. The van der Waals surface area contributed by atoms with Gasteiger partial charge in [0, 0.05) is 19.4 Å². The van der Waals surface area contributed by atoms with Gasteiger partial charge in [0.25, 0.3) is 0 Å². The van der Waals surface area contributed by atoms with Crippen LogP contribution in [0.15, 0.2) is 24.3 Å². The molecule has 0 rings (SSSR count). The first-order valence-electron chi connectivity index (χ1n) is 31.8. The number of nitrogens with two attached hydrogens (primary N) is 1. The number of esters is 2. The van der Waals surface area contributed by atoms with Gasteiger partial charge >= 0.3 is 19.8 Å². The molecule has 0 bridgehead atoms. The van der Waals surface area contributed by atoms with Crippen molar-refractivity contribution in [2.75, 3.05) is 26.4 Å². The molecule has 0 fully saturated rings. The van der Waals surface area contributed by atoms with Gasteiger partial charge in [0.1, 0.15) is 6.61 Å². The van der Waals surface area contributed by atoms with Crippen LogP contribution >= 0.6 is 7.82 Å². The smallest absolute Gasteiger partial charge is 0.462 e. The number of rotatable bonds is 61. The molecule has 0 amide bonds. The third-order valence-corrected chi connectivity index (χ3v) is 15.3. The van der Waals surface area contributed by atoms with E-state index in [1.807, 2.05) is 0 Å². The maximum atomic E-state index is 12.7. The van der Waals surface area contributed by atoms with Crippen molar-refractivity contribution >= 4 is 19.8 Å². The average molecular weight is 1050 g/mol.